The normalized spacial score (nSPS) is 11.4. The molecule has 0 atom stereocenters. The van der Waals surface area contributed by atoms with Crippen LogP contribution in [0.3, 0.4) is 0 Å². The topological polar surface area (TPSA) is 51.8 Å². The van der Waals surface area contributed by atoms with Gasteiger partial charge in [-0.3, -0.25) is 9.48 Å². The summed E-state index contributed by atoms with van der Waals surface area (Å²) in [5, 5.41) is 0.846. The van der Waals surface area contributed by atoms with Crippen molar-refractivity contribution < 1.29 is 35.8 Å². The molecule has 9 heteroatoms. The average Bonchev–Trinajstić information content (AvgIpc) is 3.63. The SMILES string of the molecule is COc1c(C)cc(C)cc1C.COc1c(C)cc(C)cc1CBr.COc1c(C)cc(C)cc1CN1C=[N+](C)CC1.Cn1ccnc1.[Br-]. The zero-order valence-corrected chi connectivity index (χ0v) is 33.5. The molecule has 0 saturated carbocycles. The minimum atomic E-state index is 0. The monoisotopic (exact) mass is 772 g/mol. The van der Waals surface area contributed by atoms with Crippen LogP contribution in [0.15, 0.2) is 55.1 Å². The van der Waals surface area contributed by atoms with E-state index >= 15 is 0 Å². The zero-order chi connectivity index (χ0) is 34.4. The highest BCUT2D eigenvalue weighted by atomic mass is 79.9. The third-order valence-corrected chi connectivity index (χ3v) is 8.07. The highest BCUT2D eigenvalue weighted by molar-refractivity contribution is 9.08. The molecule has 0 fully saturated rings. The molecule has 0 bridgehead atoms. The van der Waals surface area contributed by atoms with E-state index in [0.29, 0.717) is 0 Å². The molecular weight excluding hydrogens is 720 g/mol. The van der Waals surface area contributed by atoms with E-state index in [-0.39, 0.29) is 17.0 Å². The Morgan fingerprint density at radius 2 is 1.17 bits per heavy atom. The van der Waals surface area contributed by atoms with Crippen molar-refractivity contribution in [3.8, 4) is 17.2 Å². The van der Waals surface area contributed by atoms with Crippen LogP contribution in [0.5, 0.6) is 17.2 Å². The predicted molar refractivity (Wildman–Crippen MR) is 196 cm³/mol. The van der Waals surface area contributed by atoms with Crippen molar-refractivity contribution in [1.29, 1.82) is 0 Å². The van der Waals surface area contributed by atoms with E-state index in [9.17, 15) is 0 Å². The highest BCUT2D eigenvalue weighted by Crippen LogP contribution is 2.27. The Balaban J connectivity index is 0.000000328. The van der Waals surface area contributed by atoms with Crippen LogP contribution in [0.25, 0.3) is 0 Å². The number of aryl methyl sites for hydroxylation is 8. The number of halogens is 2. The summed E-state index contributed by atoms with van der Waals surface area (Å²) in [6, 6.07) is 12.9. The van der Waals surface area contributed by atoms with Crippen LogP contribution in [0.1, 0.15) is 50.1 Å². The molecule has 7 nitrogen and oxygen atoms in total. The number of alkyl halides is 1. The van der Waals surface area contributed by atoms with E-state index in [1.54, 1.807) is 33.9 Å². The van der Waals surface area contributed by atoms with Crippen LogP contribution in [-0.4, -0.2) is 66.8 Å². The highest BCUT2D eigenvalue weighted by Gasteiger charge is 2.19. The first-order chi connectivity index (χ1) is 21.8. The first-order valence-electron chi connectivity index (χ1n) is 15.5. The Morgan fingerprint density at radius 3 is 1.53 bits per heavy atom. The number of methoxy groups -OCH3 is 3. The van der Waals surface area contributed by atoms with Crippen LogP contribution in [0, 0.1) is 48.5 Å². The third kappa shape index (κ3) is 13.4. The summed E-state index contributed by atoms with van der Waals surface area (Å²) >= 11 is 3.44. The molecule has 0 radical (unpaired) electrons. The van der Waals surface area contributed by atoms with E-state index in [1.165, 1.54) is 50.1 Å². The van der Waals surface area contributed by atoms with E-state index in [1.807, 2.05) is 17.8 Å². The van der Waals surface area contributed by atoms with Crippen molar-refractivity contribution >= 4 is 22.3 Å². The van der Waals surface area contributed by atoms with Gasteiger partial charge in [0.15, 0.2) is 0 Å². The van der Waals surface area contributed by atoms with Crippen molar-refractivity contribution in [2.24, 2.45) is 7.05 Å². The van der Waals surface area contributed by atoms with Crippen LogP contribution < -0.4 is 31.2 Å². The molecule has 1 aromatic heterocycles. The van der Waals surface area contributed by atoms with Crippen LogP contribution in [0.2, 0.25) is 0 Å². The van der Waals surface area contributed by atoms with Gasteiger partial charge in [0, 0.05) is 35.9 Å². The summed E-state index contributed by atoms with van der Waals surface area (Å²) in [6.07, 6.45) is 7.57. The van der Waals surface area contributed by atoms with Crippen molar-refractivity contribution in [1.82, 2.24) is 14.5 Å². The molecule has 0 N–H and O–H groups in total. The lowest BCUT2D eigenvalue weighted by Crippen LogP contribution is -3.00. The number of benzene rings is 3. The smallest absolute Gasteiger partial charge is 0.234 e. The molecular formula is C38H54Br2N4O3. The maximum Gasteiger partial charge on any atom is 0.234 e. The second kappa shape index (κ2) is 20.8. The fraction of sp³-hybridized carbons (Fsp3) is 0.421. The lowest BCUT2D eigenvalue weighted by atomic mass is 10.1. The molecule has 0 aliphatic carbocycles. The Hall–Kier alpha value is -3.30. The van der Waals surface area contributed by atoms with Gasteiger partial charge >= 0.3 is 0 Å². The standard InChI is InChI=1S/C14H21N2O.C10H13BrO.C10H14O.C4H6N2.BrH/c1-11-7-12(2)14(17-4)13(8-11)9-16-6-5-15(3)10-16;1-7-4-8(2)10(12-3)9(5-7)6-11;1-7-5-8(2)10(11-4)9(3)6-7;1-6-3-2-5-4-6;/h7-8,10H,5-6,9H2,1-4H3;4-5H,6H2,1-3H3;5-6H,1-4H3;2-4H,1H3;1H/q+1;;;;/p-1. The first kappa shape index (κ1) is 41.7. The van der Waals surface area contributed by atoms with Gasteiger partial charge < -0.3 is 35.8 Å². The molecule has 5 rings (SSSR count). The molecule has 47 heavy (non-hydrogen) atoms. The van der Waals surface area contributed by atoms with Gasteiger partial charge in [0.1, 0.15) is 36.9 Å². The van der Waals surface area contributed by atoms with E-state index < -0.39 is 0 Å². The lowest BCUT2D eigenvalue weighted by Gasteiger charge is -2.14. The maximum atomic E-state index is 5.51. The van der Waals surface area contributed by atoms with Crippen molar-refractivity contribution in [2.75, 3.05) is 41.5 Å². The fourth-order valence-electron chi connectivity index (χ4n) is 5.72. The molecule has 0 spiro atoms. The maximum absolute atomic E-state index is 5.51. The van der Waals surface area contributed by atoms with Gasteiger partial charge in [-0.15, -0.1) is 0 Å². The Bertz CT molecular complexity index is 1550. The summed E-state index contributed by atoms with van der Waals surface area (Å²) in [4.78, 5) is 6.11. The van der Waals surface area contributed by atoms with Gasteiger partial charge in [-0.2, -0.15) is 0 Å². The second-order valence-corrected chi connectivity index (χ2v) is 12.5. The number of ether oxygens (including phenoxy) is 3. The fourth-order valence-corrected chi connectivity index (χ4v) is 6.14. The van der Waals surface area contributed by atoms with Crippen molar-refractivity contribution in [3.05, 3.63) is 105 Å². The number of hydrogen-bond donors (Lipinski definition) is 0. The summed E-state index contributed by atoms with van der Waals surface area (Å²) in [5.41, 5.74) is 11.2. The summed E-state index contributed by atoms with van der Waals surface area (Å²) < 4.78 is 20.1. The molecule has 2 heterocycles. The number of likely N-dealkylation sites (N-methyl/N-ethyl adjacent to an activating group) is 1. The van der Waals surface area contributed by atoms with Gasteiger partial charge in [0.05, 0.1) is 34.7 Å². The minimum absolute atomic E-state index is 0. The van der Waals surface area contributed by atoms with Gasteiger partial charge in [-0.25, -0.2) is 4.98 Å². The molecule has 0 unspecified atom stereocenters. The molecule has 4 aromatic rings. The lowest BCUT2D eigenvalue weighted by molar-refractivity contribution is -0.482. The van der Waals surface area contributed by atoms with E-state index in [0.717, 1.165) is 42.2 Å². The molecule has 258 valence electrons. The van der Waals surface area contributed by atoms with Crippen LogP contribution in [0.4, 0.5) is 0 Å². The first-order valence-corrected chi connectivity index (χ1v) is 16.6. The van der Waals surface area contributed by atoms with Crippen LogP contribution in [-0.2, 0) is 18.9 Å². The minimum Gasteiger partial charge on any atom is -1.00 e. The van der Waals surface area contributed by atoms with Crippen molar-refractivity contribution in [2.45, 2.75) is 60.3 Å². The molecule has 0 saturated heterocycles. The van der Waals surface area contributed by atoms with Gasteiger partial charge in [0.2, 0.25) is 6.34 Å². The number of imidazole rings is 1. The van der Waals surface area contributed by atoms with Gasteiger partial charge in [-0.1, -0.05) is 63.0 Å². The third-order valence-electron chi connectivity index (χ3n) is 7.46. The number of nitrogens with zero attached hydrogens (tertiary/aromatic N) is 4. The quantitative estimate of drug-likeness (QED) is 0.203. The van der Waals surface area contributed by atoms with E-state index in [4.69, 9.17) is 14.2 Å². The van der Waals surface area contributed by atoms with Gasteiger partial charge in [-0.05, 0) is 76.8 Å². The number of aromatic nitrogens is 2. The molecule has 1 aliphatic heterocycles. The Kier molecular flexibility index (Phi) is 18.5. The predicted octanol–water partition coefficient (Wildman–Crippen LogP) is 5.05. The van der Waals surface area contributed by atoms with Gasteiger partial charge in [0.25, 0.3) is 0 Å². The Morgan fingerprint density at radius 1 is 0.723 bits per heavy atom. The summed E-state index contributed by atoms with van der Waals surface area (Å²) in [7, 11) is 9.22. The molecule has 3 aromatic carbocycles. The van der Waals surface area contributed by atoms with Crippen LogP contribution >= 0.6 is 15.9 Å². The molecule has 0 amide bonds. The van der Waals surface area contributed by atoms with Crippen molar-refractivity contribution in [3.63, 3.8) is 0 Å². The summed E-state index contributed by atoms with van der Waals surface area (Å²) in [5.74, 6) is 3.03. The summed E-state index contributed by atoms with van der Waals surface area (Å²) in [6.45, 7) is 17.8. The number of rotatable bonds is 6. The largest absolute Gasteiger partial charge is 1.00 e. The molecule has 1 aliphatic rings. The zero-order valence-electron chi connectivity index (χ0n) is 30.4. The second-order valence-electron chi connectivity index (χ2n) is 11.9. The van der Waals surface area contributed by atoms with E-state index in [2.05, 4.69) is 129 Å². The average molecular weight is 775 g/mol. The Labute approximate surface area is 302 Å². The number of hydrogen-bond acceptors (Lipinski definition) is 5.